The van der Waals surface area contributed by atoms with Gasteiger partial charge in [-0.15, -0.1) is 10.2 Å². The first kappa shape index (κ1) is 19.6. The summed E-state index contributed by atoms with van der Waals surface area (Å²) in [6.45, 7) is 2.20. The predicted octanol–water partition coefficient (Wildman–Crippen LogP) is 5.01. The number of hydrogen-bond donors (Lipinski definition) is 2. The van der Waals surface area contributed by atoms with E-state index in [2.05, 4.69) is 20.8 Å². The Labute approximate surface area is 184 Å². The molecule has 0 saturated carbocycles. The van der Waals surface area contributed by atoms with Gasteiger partial charge in [0.25, 0.3) is 0 Å². The number of aryl methyl sites for hydroxylation is 1. The molecule has 0 unspecified atom stereocenters. The summed E-state index contributed by atoms with van der Waals surface area (Å²) in [6, 6.07) is 20.2. The van der Waals surface area contributed by atoms with Crippen molar-refractivity contribution in [2.24, 2.45) is 0 Å². The Morgan fingerprint density at radius 1 is 0.906 bits per heavy atom. The molecule has 2 amide bonds. The monoisotopic (exact) mass is 428 g/mol. The highest BCUT2D eigenvalue weighted by Gasteiger charge is 2.15. The zero-order chi connectivity index (χ0) is 21.9. The summed E-state index contributed by atoms with van der Waals surface area (Å²) in [5, 5.41) is 13.9. The van der Waals surface area contributed by atoms with E-state index in [0.29, 0.717) is 35.2 Å². The number of aromatic nitrogens is 2. The second-order valence-corrected chi connectivity index (χ2v) is 7.39. The molecule has 1 aliphatic heterocycles. The Morgan fingerprint density at radius 2 is 1.69 bits per heavy atom. The first-order chi connectivity index (χ1) is 15.6. The molecule has 32 heavy (non-hydrogen) atoms. The minimum absolute atomic E-state index is 0.233. The lowest BCUT2D eigenvalue weighted by molar-refractivity contribution is 0.174. The maximum Gasteiger partial charge on any atom is 0.323 e. The van der Waals surface area contributed by atoms with Gasteiger partial charge >= 0.3 is 6.03 Å². The number of hydrogen-bond acceptors (Lipinski definition) is 6. The number of rotatable bonds is 5. The van der Waals surface area contributed by atoms with Crippen molar-refractivity contribution in [3.8, 4) is 23.0 Å². The van der Waals surface area contributed by atoms with Gasteiger partial charge < -0.3 is 24.5 Å². The van der Waals surface area contributed by atoms with E-state index < -0.39 is 0 Å². The SMILES string of the molecule is Cc1cccc(NC(=O)Nc2cccc(-c3nnc(Cc4ccc5c(c4)OCO5)o3)c2)c1. The van der Waals surface area contributed by atoms with Crippen LogP contribution >= 0.6 is 0 Å². The van der Waals surface area contributed by atoms with E-state index in [-0.39, 0.29) is 12.8 Å². The van der Waals surface area contributed by atoms with Crippen molar-refractivity contribution in [3.63, 3.8) is 0 Å². The first-order valence-corrected chi connectivity index (χ1v) is 10.1. The van der Waals surface area contributed by atoms with Crippen LogP contribution in [0, 0.1) is 6.92 Å². The third kappa shape index (κ3) is 4.39. The van der Waals surface area contributed by atoms with E-state index in [1.165, 1.54) is 0 Å². The van der Waals surface area contributed by atoms with E-state index in [1.54, 1.807) is 12.1 Å². The molecule has 0 spiro atoms. The Morgan fingerprint density at radius 3 is 2.53 bits per heavy atom. The minimum atomic E-state index is -0.332. The molecule has 0 aliphatic carbocycles. The fourth-order valence-corrected chi connectivity index (χ4v) is 3.41. The molecule has 0 radical (unpaired) electrons. The molecule has 2 heterocycles. The van der Waals surface area contributed by atoms with E-state index >= 15 is 0 Å². The molecule has 8 heteroatoms. The van der Waals surface area contributed by atoms with Crippen molar-refractivity contribution in [2.45, 2.75) is 13.3 Å². The van der Waals surface area contributed by atoms with Gasteiger partial charge in [-0.1, -0.05) is 24.3 Å². The Balaban J connectivity index is 1.26. The average Bonchev–Trinajstić information content (AvgIpc) is 3.43. The van der Waals surface area contributed by atoms with Gasteiger partial charge in [0, 0.05) is 16.9 Å². The summed E-state index contributed by atoms with van der Waals surface area (Å²) in [5.41, 5.74) is 4.10. The summed E-state index contributed by atoms with van der Waals surface area (Å²) >= 11 is 0. The highest BCUT2D eigenvalue weighted by Crippen LogP contribution is 2.33. The van der Waals surface area contributed by atoms with Gasteiger partial charge in [0.15, 0.2) is 11.5 Å². The van der Waals surface area contributed by atoms with Gasteiger partial charge in [-0.3, -0.25) is 0 Å². The molecule has 2 N–H and O–H groups in total. The number of nitrogens with one attached hydrogen (secondary N) is 2. The minimum Gasteiger partial charge on any atom is -0.454 e. The molecule has 8 nitrogen and oxygen atoms in total. The molecule has 3 aromatic carbocycles. The highest BCUT2D eigenvalue weighted by molar-refractivity contribution is 6.00. The van der Waals surface area contributed by atoms with E-state index in [4.69, 9.17) is 13.9 Å². The van der Waals surface area contributed by atoms with Crippen LogP contribution in [0.5, 0.6) is 11.5 Å². The third-order valence-corrected chi connectivity index (χ3v) is 4.90. The second kappa shape index (κ2) is 8.43. The maximum absolute atomic E-state index is 12.3. The Bertz CT molecular complexity index is 1280. The van der Waals surface area contributed by atoms with E-state index in [0.717, 1.165) is 22.6 Å². The fraction of sp³-hybridized carbons (Fsp3) is 0.125. The molecule has 4 aromatic rings. The molecule has 0 saturated heterocycles. The van der Waals surface area contributed by atoms with Gasteiger partial charge in [-0.2, -0.15) is 0 Å². The number of carbonyl (C=O) groups is 1. The summed E-state index contributed by atoms with van der Waals surface area (Å²) in [4.78, 5) is 12.3. The van der Waals surface area contributed by atoms with Crippen LogP contribution < -0.4 is 20.1 Å². The van der Waals surface area contributed by atoms with Crippen LogP contribution in [0.1, 0.15) is 17.0 Å². The first-order valence-electron chi connectivity index (χ1n) is 10.1. The van der Waals surface area contributed by atoms with Gasteiger partial charge in [0.1, 0.15) is 0 Å². The third-order valence-electron chi connectivity index (χ3n) is 4.90. The zero-order valence-corrected chi connectivity index (χ0v) is 17.3. The number of amides is 2. The maximum atomic E-state index is 12.3. The summed E-state index contributed by atoms with van der Waals surface area (Å²) in [7, 11) is 0. The van der Waals surface area contributed by atoms with Crippen LogP contribution in [0.2, 0.25) is 0 Å². The largest absolute Gasteiger partial charge is 0.454 e. The molecule has 5 rings (SSSR count). The van der Waals surface area contributed by atoms with Crippen LogP contribution in [0.4, 0.5) is 16.2 Å². The molecular formula is C24H20N4O4. The van der Waals surface area contributed by atoms with Gasteiger partial charge in [0.05, 0.1) is 6.42 Å². The topological polar surface area (TPSA) is 98.5 Å². The molecule has 1 aliphatic rings. The number of nitrogens with zero attached hydrogens (tertiary/aromatic N) is 2. The smallest absolute Gasteiger partial charge is 0.323 e. The predicted molar refractivity (Wildman–Crippen MR) is 119 cm³/mol. The van der Waals surface area contributed by atoms with Crippen molar-refractivity contribution < 1.29 is 18.7 Å². The van der Waals surface area contributed by atoms with Crippen molar-refractivity contribution in [2.75, 3.05) is 17.4 Å². The van der Waals surface area contributed by atoms with Crippen LogP contribution in [-0.2, 0) is 6.42 Å². The van der Waals surface area contributed by atoms with Crippen molar-refractivity contribution in [1.82, 2.24) is 10.2 Å². The Kier molecular flexibility index (Phi) is 5.17. The van der Waals surface area contributed by atoms with Crippen molar-refractivity contribution in [3.05, 3.63) is 83.7 Å². The lowest BCUT2D eigenvalue weighted by Crippen LogP contribution is -2.19. The quantitative estimate of drug-likeness (QED) is 0.464. The molecule has 160 valence electrons. The normalized spacial score (nSPS) is 11.9. The molecular weight excluding hydrogens is 408 g/mol. The van der Waals surface area contributed by atoms with E-state index in [9.17, 15) is 4.79 Å². The number of fused-ring (bicyclic) bond motifs is 1. The molecule has 1 aromatic heterocycles. The molecule has 0 bridgehead atoms. The lowest BCUT2D eigenvalue weighted by Gasteiger charge is -2.08. The number of ether oxygens (including phenoxy) is 2. The summed E-state index contributed by atoms with van der Waals surface area (Å²) in [5.74, 6) is 2.30. The standard InChI is InChI=1S/C24H20N4O4/c1-15-4-2-6-18(10-15)25-24(29)26-19-7-3-5-17(13-19)23-28-27-22(32-23)12-16-8-9-20-21(11-16)31-14-30-20/h2-11,13H,12,14H2,1H3,(H2,25,26,29). The van der Waals surface area contributed by atoms with Gasteiger partial charge in [-0.25, -0.2) is 4.79 Å². The number of anilines is 2. The van der Waals surface area contributed by atoms with Crippen molar-refractivity contribution >= 4 is 17.4 Å². The highest BCUT2D eigenvalue weighted by atomic mass is 16.7. The number of urea groups is 1. The van der Waals surface area contributed by atoms with Crippen molar-refractivity contribution in [1.29, 1.82) is 0 Å². The van der Waals surface area contributed by atoms with Crippen LogP contribution in [0.3, 0.4) is 0 Å². The van der Waals surface area contributed by atoms with Crippen LogP contribution in [0.25, 0.3) is 11.5 Å². The van der Waals surface area contributed by atoms with Crippen LogP contribution in [0.15, 0.2) is 71.1 Å². The Hall–Kier alpha value is -4.33. The van der Waals surface area contributed by atoms with Gasteiger partial charge in [-0.05, 0) is 60.5 Å². The average molecular weight is 428 g/mol. The number of benzene rings is 3. The van der Waals surface area contributed by atoms with Gasteiger partial charge in [0.2, 0.25) is 18.6 Å². The molecule has 0 atom stereocenters. The van der Waals surface area contributed by atoms with Crippen LogP contribution in [-0.4, -0.2) is 23.0 Å². The number of carbonyl (C=O) groups excluding carboxylic acids is 1. The lowest BCUT2D eigenvalue weighted by atomic mass is 10.1. The summed E-state index contributed by atoms with van der Waals surface area (Å²) < 4.78 is 16.6. The van der Waals surface area contributed by atoms with E-state index in [1.807, 2.05) is 61.5 Å². The zero-order valence-electron chi connectivity index (χ0n) is 17.3. The molecule has 0 fully saturated rings. The summed E-state index contributed by atoms with van der Waals surface area (Å²) in [6.07, 6.45) is 0.473. The fourth-order valence-electron chi connectivity index (χ4n) is 3.41. The second-order valence-electron chi connectivity index (χ2n) is 7.39.